The maximum Gasteiger partial charge on any atom is 0.118 e. The van der Waals surface area contributed by atoms with Crippen molar-refractivity contribution in [2.45, 2.75) is 45.8 Å². The zero-order chi connectivity index (χ0) is 15.4. The van der Waals surface area contributed by atoms with Crippen LogP contribution in [0.3, 0.4) is 0 Å². The second kappa shape index (κ2) is 6.92. The number of nitrogens with zero attached hydrogens (tertiary/aromatic N) is 1. The molecular weight excluding hydrogens is 260 g/mol. The molecule has 1 aromatic carbocycles. The van der Waals surface area contributed by atoms with Crippen LogP contribution in [-0.2, 0) is 6.54 Å². The summed E-state index contributed by atoms with van der Waals surface area (Å²) >= 11 is 0. The molecule has 0 aliphatic rings. The quantitative estimate of drug-likeness (QED) is 0.878. The van der Waals surface area contributed by atoms with Crippen molar-refractivity contribution in [3.63, 3.8) is 0 Å². The van der Waals surface area contributed by atoms with Gasteiger partial charge in [0, 0.05) is 6.04 Å². The monoisotopic (exact) mass is 286 g/mol. The molecule has 114 valence electrons. The van der Waals surface area contributed by atoms with Gasteiger partial charge in [-0.05, 0) is 50.6 Å². The average molecular weight is 286 g/mol. The topological polar surface area (TPSA) is 42.4 Å². The van der Waals surface area contributed by atoms with Crippen molar-refractivity contribution in [1.29, 1.82) is 0 Å². The van der Waals surface area contributed by atoms with Gasteiger partial charge in [-0.25, -0.2) is 0 Å². The summed E-state index contributed by atoms with van der Waals surface area (Å²) in [6.45, 7) is 7.02. The number of likely N-dealkylation sites (N-methyl/N-ethyl adjacent to an activating group) is 1. The first kappa shape index (κ1) is 15.8. The summed E-state index contributed by atoms with van der Waals surface area (Å²) in [6, 6.07) is 12.8. The maximum atomic E-state index is 6.41. The zero-order valence-corrected chi connectivity index (χ0v) is 13.5. The molecule has 0 fully saturated rings. The molecule has 0 radical (unpaired) electrons. The van der Waals surface area contributed by atoms with Crippen molar-refractivity contribution in [2.75, 3.05) is 7.05 Å². The Hall–Kier alpha value is -1.58. The third-order valence-electron chi connectivity index (χ3n) is 4.06. The largest absolute Gasteiger partial charge is 0.465 e. The fraction of sp³-hybridized carbons (Fsp3) is 0.444. The Bertz CT molecular complexity index is 576. The molecule has 0 amide bonds. The molecule has 2 atom stereocenters. The third kappa shape index (κ3) is 3.74. The van der Waals surface area contributed by atoms with Crippen LogP contribution in [0, 0.1) is 13.8 Å². The maximum absolute atomic E-state index is 6.41. The predicted molar refractivity (Wildman–Crippen MR) is 87.1 cm³/mol. The molecule has 2 aromatic rings. The van der Waals surface area contributed by atoms with E-state index in [2.05, 4.69) is 50.1 Å². The molecule has 0 spiro atoms. The molecule has 3 heteroatoms. The fourth-order valence-electron chi connectivity index (χ4n) is 2.85. The molecule has 0 aliphatic heterocycles. The van der Waals surface area contributed by atoms with Gasteiger partial charge in [0.1, 0.15) is 11.5 Å². The van der Waals surface area contributed by atoms with Crippen molar-refractivity contribution in [3.05, 3.63) is 59.0 Å². The van der Waals surface area contributed by atoms with E-state index in [9.17, 15) is 0 Å². The molecular formula is C18H26N2O. The highest BCUT2D eigenvalue weighted by atomic mass is 16.3. The molecule has 3 nitrogen and oxygen atoms in total. The molecule has 2 N–H and O–H groups in total. The minimum atomic E-state index is 0.104. The van der Waals surface area contributed by atoms with Crippen molar-refractivity contribution >= 4 is 0 Å². The Morgan fingerprint density at radius 2 is 1.86 bits per heavy atom. The molecule has 2 unspecified atom stereocenters. The van der Waals surface area contributed by atoms with E-state index in [4.69, 9.17) is 10.2 Å². The van der Waals surface area contributed by atoms with Gasteiger partial charge in [0.25, 0.3) is 0 Å². The number of nitrogens with two attached hydrogens (primary N) is 1. The lowest BCUT2D eigenvalue weighted by Crippen LogP contribution is -2.38. The van der Waals surface area contributed by atoms with Crippen molar-refractivity contribution in [3.8, 4) is 0 Å². The standard InChI is InChI=1S/C18H26N2O/c1-5-17(19)18(16-9-7-6-8-13(16)2)20(4)12-15-11-10-14(3)21-15/h6-11,17-18H,5,12,19H2,1-4H3. The summed E-state index contributed by atoms with van der Waals surface area (Å²) in [7, 11) is 2.12. The van der Waals surface area contributed by atoms with E-state index >= 15 is 0 Å². The van der Waals surface area contributed by atoms with Gasteiger partial charge in [-0.2, -0.15) is 0 Å². The van der Waals surface area contributed by atoms with E-state index < -0.39 is 0 Å². The van der Waals surface area contributed by atoms with E-state index in [1.165, 1.54) is 11.1 Å². The van der Waals surface area contributed by atoms with Crippen molar-refractivity contribution in [1.82, 2.24) is 4.90 Å². The number of hydrogen-bond donors (Lipinski definition) is 1. The number of rotatable bonds is 6. The first-order valence-corrected chi connectivity index (χ1v) is 7.59. The Morgan fingerprint density at radius 1 is 1.14 bits per heavy atom. The van der Waals surface area contributed by atoms with Crippen LogP contribution >= 0.6 is 0 Å². The van der Waals surface area contributed by atoms with E-state index in [1.807, 2.05) is 19.1 Å². The lowest BCUT2D eigenvalue weighted by atomic mass is 9.93. The van der Waals surface area contributed by atoms with Gasteiger partial charge in [-0.15, -0.1) is 0 Å². The minimum absolute atomic E-state index is 0.104. The first-order valence-electron chi connectivity index (χ1n) is 7.59. The second-order valence-electron chi connectivity index (χ2n) is 5.80. The predicted octanol–water partition coefficient (Wildman–Crippen LogP) is 3.81. The van der Waals surface area contributed by atoms with E-state index in [0.29, 0.717) is 0 Å². The summed E-state index contributed by atoms with van der Waals surface area (Å²) in [4.78, 5) is 2.29. The zero-order valence-electron chi connectivity index (χ0n) is 13.5. The van der Waals surface area contributed by atoms with E-state index in [0.717, 1.165) is 24.5 Å². The smallest absolute Gasteiger partial charge is 0.118 e. The summed E-state index contributed by atoms with van der Waals surface area (Å²) < 4.78 is 5.70. The SMILES string of the molecule is CCC(N)C(c1ccccc1C)N(C)Cc1ccc(C)o1. The molecule has 21 heavy (non-hydrogen) atoms. The van der Waals surface area contributed by atoms with Gasteiger partial charge >= 0.3 is 0 Å². The summed E-state index contributed by atoms with van der Waals surface area (Å²) in [5.74, 6) is 1.93. The number of furan rings is 1. The number of benzene rings is 1. The Labute approximate surface area is 127 Å². The van der Waals surface area contributed by atoms with Gasteiger partial charge in [-0.1, -0.05) is 31.2 Å². The second-order valence-corrected chi connectivity index (χ2v) is 5.80. The Balaban J connectivity index is 2.25. The van der Waals surface area contributed by atoms with Crippen LogP contribution in [0.1, 0.15) is 42.0 Å². The highest BCUT2D eigenvalue weighted by Crippen LogP contribution is 2.28. The lowest BCUT2D eigenvalue weighted by molar-refractivity contribution is 0.186. The minimum Gasteiger partial charge on any atom is -0.465 e. The molecule has 2 rings (SSSR count). The summed E-state index contributed by atoms with van der Waals surface area (Å²) in [6.07, 6.45) is 0.945. The van der Waals surface area contributed by atoms with Crippen LogP contribution in [0.15, 0.2) is 40.8 Å². The Morgan fingerprint density at radius 3 is 2.43 bits per heavy atom. The molecule has 0 saturated heterocycles. The summed E-state index contributed by atoms with van der Waals surface area (Å²) in [5.41, 5.74) is 8.99. The molecule has 1 heterocycles. The number of aryl methyl sites for hydroxylation is 2. The van der Waals surface area contributed by atoms with E-state index in [1.54, 1.807) is 0 Å². The molecule has 0 bridgehead atoms. The molecule has 0 aliphatic carbocycles. The fourth-order valence-corrected chi connectivity index (χ4v) is 2.85. The third-order valence-corrected chi connectivity index (χ3v) is 4.06. The molecule has 1 aromatic heterocycles. The van der Waals surface area contributed by atoms with Gasteiger partial charge in [-0.3, -0.25) is 4.90 Å². The Kier molecular flexibility index (Phi) is 5.21. The van der Waals surface area contributed by atoms with Crippen LogP contribution in [0.5, 0.6) is 0 Å². The highest BCUT2D eigenvalue weighted by molar-refractivity contribution is 5.30. The van der Waals surface area contributed by atoms with Crippen LogP contribution in [0.25, 0.3) is 0 Å². The van der Waals surface area contributed by atoms with Gasteiger partial charge < -0.3 is 10.2 Å². The number of hydrogen-bond acceptors (Lipinski definition) is 3. The highest BCUT2D eigenvalue weighted by Gasteiger charge is 2.25. The summed E-state index contributed by atoms with van der Waals surface area (Å²) in [5, 5.41) is 0. The van der Waals surface area contributed by atoms with Crippen molar-refractivity contribution < 1.29 is 4.42 Å². The van der Waals surface area contributed by atoms with Crippen LogP contribution < -0.4 is 5.73 Å². The lowest BCUT2D eigenvalue weighted by Gasteiger charge is -2.33. The van der Waals surface area contributed by atoms with Crippen LogP contribution in [0.4, 0.5) is 0 Å². The van der Waals surface area contributed by atoms with Gasteiger partial charge in [0.05, 0.1) is 12.6 Å². The van der Waals surface area contributed by atoms with Crippen LogP contribution in [0.2, 0.25) is 0 Å². The van der Waals surface area contributed by atoms with Crippen molar-refractivity contribution in [2.24, 2.45) is 5.73 Å². The van der Waals surface area contributed by atoms with Gasteiger partial charge in [0.15, 0.2) is 0 Å². The average Bonchev–Trinajstić information content (AvgIpc) is 2.86. The van der Waals surface area contributed by atoms with E-state index in [-0.39, 0.29) is 12.1 Å². The molecule has 0 saturated carbocycles. The first-order chi connectivity index (χ1) is 10.0. The van der Waals surface area contributed by atoms with Crippen LogP contribution in [-0.4, -0.2) is 18.0 Å². The normalized spacial score (nSPS) is 14.4. The van der Waals surface area contributed by atoms with Gasteiger partial charge in [0.2, 0.25) is 0 Å².